The van der Waals surface area contributed by atoms with Gasteiger partial charge in [0.15, 0.2) is 5.96 Å². The fourth-order valence-electron chi connectivity index (χ4n) is 2.49. The molecule has 0 aliphatic carbocycles. The molecule has 0 bridgehead atoms. The Morgan fingerprint density at radius 2 is 2.05 bits per heavy atom. The van der Waals surface area contributed by atoms with E-state index in [2.05, 4.69) is 20.9 Å². The standard InChI is InChI=1S/C15H12BrClFN3/c16-9-3-1-4-10(7-9)21-13(8-20-15(21)19)14-11(17)5-2-6-12(14)18/h1-7,13H,8H2,(H2,19,20). The highest BCUT2D eigenvalue weighted by atomic mass is 79.9. The molecule has 0 saturated carbocycles. The maximum Gasteiger partial charge on any atom is 0.196 e. The van der Waals surface area contributed by atoms with Crippen molar-refractivity contribution in [1.82, 2.24) is 0 Å². The SMILES string of the molecule is NC1=NCC(c2c(F)cccc2Cl)N1c1cccc(Br)c1. The Hall–Kier alpha value is -1.59. The zero-order valence-corrected chi connectivity index (χ0v) is 13.3. The van der Waals surface area contributed by atoms with Crippen LogP contribution in [0, 0.1) is 5.82 Å². The summed E-state index contributed by atoms with van der Waals surface area (Å²) in [5, 5.41) is 0.380. The molecule has 2 aromatic rings. The fraction of sp³-hybridized carbons (Fsp3) is 0.133. The summed E-state index contributed by atoms with van der Waals surface area (Å²) in [4.78, 5) is 6.04. The molecule has 0 aromatic heterocycles. The lowest BCUT2D eigenvalue weighted by Crippen LogP contribution is -2.36. The van der Waals surface area contributed by atoms with Crippen molar-refractivity contribution in [3.63, 3.8) is 0 Å². The largest absolute Gasteiger partial charge is 0.369 e. The normalized spacial score (nSPS) is 18.0. The number of guanidine groups is 1. The Balaban J connectivity index is 2.07. The maximum atomic E-state index is 14.2. The van der Waals surface area contributed by atoms with E-state index in [9.17, 15) is 4.39 Å². The maximum absolute atomic E-state index is 14.2. The molecule has 108 valence electrons. The molecule has 0 amide bonds. The molecule has 6 heteroatoms. The van der Waals surface area contributed by atoms with E-state index in [4.69, 9.17) is 17.3 Å². The molecule has 21 heavy (non-hydrogen) atoms. The third-order valence-corrected chi connectivity index (χ3v) is 4.23. The van der Waals surface area contributed by atoms with Gasteiger partial charge in [0.05, 0.1) is 12.6 Å². The van der Waals surface area contributed by atoms with Crippen LogP contribution in [0.3, 0.4) is 0 Å². The summed E-state index contributed by atoms with van der Waals surface area (Å²) < 4.78 is 15.1. The van der Waals surface area contributed by atoms with Gasteiger partial charge in [-0.15, -0.1) is 0 Å². The minimum atomic E-state index is -0.350. The first-order valence-corrected chi connectivity index (χ1v) is 7.53. The van der Waals surface area contributed by atoms with E-state index in [1.165, 1.54) is 6.07 Å². The topological polar surface area (TPSA) is 41.6 Å². The van der Waals surface area contributed by atoms with Gasteiger partial charge in [-0.25, -0.2) is 4.39 Å². The Morgan fingerprint density at radius 1 is 1.29 bits per heavy atom. The molecule has 1 aliphatic rings. The second-order valence-corrected chi connectivity index (χ2v) is 6.02. The third-order valence-electron chi connectivity index (χ3n) is 3.40. The predicted octanol–water partition coefficient (Wildman–Crippen LogP) is 4.12. The molecule has 1 heterocycles. The molecule has 1 aliphatic heterocycles. The van der Waals surface area contributed by atoms with E-state index in [0.717, 1.165) is 10.2 Å². The lowest BCUT2D eigenvalue weighted by Gasteiger charge is -2.27. The van der Waals surface area contributed by atoms with E-state index in [1.54, 1.807) is 17.0 Å². The van der Waals surface area contributed by atoms with Gasteiger partial charge >= 0.3 is 0 Å². The summed E-state index contributed by atoms with van der Waals surface area (Å²) in [5.74, 6) is 0.00909. The molecule has 1 atom stereocenters. The average molecular weight is 369 g/mol. The second kappa shape index (κ2) is 5.66. The predicted molar refractivity (Wildman–Crippen MR) is 87.3 cm³/mol. The number of nitrogens with two attached hydrogens (primary N) is 1. The zero-order valence-electron chi connectivity index (χ0n) is 10.9. The molecule has 2 N–H and O–H groups in total. The first-order valence-electron chi connectivity index (χ1n) is 6.36. The van der Waals surface area contributed by atoms with Crippen LogP contribution in [0.1, 0.15) is 11.6 Å². The van der Waals surface area contributed by atoms with Gasteiger partial charge in [0.1, 0.15) is 5.82 Å². The van der Waals surface area contributed by atoms with E-state index >= 15 is 0 Å². The summed E-state index contributed by atoms with van der Waals surface area (Å²) in [6.07, 6.45) is 0. The van der Waals surface area contributed by atoms with Crippen LogP contribution in [0.25, 0.3) is 0 Å². The van der Waals surface area contributed by atoms with Crippen molar-refractivity contribution in [3.05, 3.63) is 63.3 Å². The number of anilines is 1. The molecule has 0 fully saturated rings. The molecule has 0 radical (unpaired) electrons. The Bertz CT molecular complexity index is 700. The molecule has 3 rings (SSSR count). The van der Waals surface area contributed by atoms with Gasteiger partial charge in [0.2, 0.25) is 0 Å². The van der Waals surface area contributed by atoms with Crippen LogP contribution in [0.4, 0.5) is 10.1 Å². The van der Waals surface area contributed by atoms with E-state index in [1.807, 2.05) is 24.3 Å². The highest BCUT2D eigenvalue weighted by Gasteiger charge is 2.32. The summed E-state index contributed by atoms with van der Waals surface area (Å²) in [7, 11) is 0. The molecule has 2 aromatic carbocycles. The highest BCUT2D eigenvalue weighted by molar-refractivity contribution is 9.10. The van der Waals surface area contributed by atoms with Crippen LogP contribution >= 0.6 is 27.5 Å². The summed E-state index contributed by atoms with van der Waals surface area (Å²) in [6, 6.07) is 11.9. The van der Waals surface area contributed by atoms with Crippen LogP contribution in [-0.4, -0.2) is 12.5 Å². The molecular formula is C15H12BrClFN3. The third kappa shape index (κ3) is 2.63. The van der Waals surface area contributed by atoms with Gasteiger partial charge in [0, 0.05) is 20.7 Å². The van der Waals surface area contributed by atoms with Gasteiger partial charge in [-0.3, -0.25) is 4.99 Å². The smallest absolute Gasteiger partial charge is 0.196 e. The minimum absolute atomic E-state index is 0.340. The first-order chi connectivity index (χ1) is 10.1. The molecule has 0 spiro atoms. The van der Waals surface area contributed by atoms with Crippen LogP contribution in [0.2, 0.25) is 5.02 Å². The minimum Gasteiger partial charge on any atom is -0.369 e. The first kappa shape index (κ1) is 14.4. The van der Waals surface area contributed by atoms with Crippen molar-refractivity contribution in [1.29, 1.82) is 0 Å². The van der Waals surface area contributed by atoms with Crippen LogP contribution in [-0.2, 0) is 0 Å². The molecule has 3 nitrogen and oxygen atoms in total. The van der Waals surface area contributed by atoms with Gasteiger partial charge in [-0.05, 0) is 30.3 Å². The van der Waals surface area contributed by atoms with Crippen molar-refractivity contribution in [3.8, 4) is 0 Å². The van der Waals surface area contributed by atoms with Crippen molar-refractivity contribution in [2.45, 2.75) is 6.04 Å². The van der Waals surface area contributed by atoms with Gasteiger partial charge in [0.25, 0.3) is 0 Å². The average Bonchev–Trinajstić information content (AvgIpc) is 2.80. The number of halogens is 3. The fourth-order valence-corrected chi connectivity index (χ4v) is 3.16. The zero-order chi connectivity index (χ0) is 15.0. The van der Waals surface area contributed by atoms with E-state index in [-0.39, 0.29) is 11.9 Å². The van der Waals surface area contributed by atoms with Crippen molar-refractivity contribution in [2.24, 2.45) is 10.7 Å². The van der Waals surface area contributed by atoms with E-state index < -0.39 is 0 Å². The number of hydrogen-bond acceptors (Lipinski definition) is 3. The lowest BCUT2D eigenvalue weighted by atomic mass is 10.0. The Labute approximate surface area is 135 Å². The van der Waals surface area contributed by atoms with Crippen molar-refractivity contribution >= 4 is 39.2 Å². The highest BCUT2D eigenvalue weighted by Crippen LogP contribution is 2.36. The number of hydrogen-bond donors (Lipinski definition) is 1. The second-order valence-electron chi connectivity index (χ2n) is 4.70. The lowest BCUT2D eigenvalue weighted by molar-refractivity contribution is 0.590. The van der Waals surface area contributed by atoms with Crippen LogP contribution < -0.4 is 10.6 Å². The number of rotatable bonds is 2. The quantitative estimate of drug-likeness (QED) is 0.866. The number of aliphatic imine (C=N–C) groups is 1. The summed E-state index contributed by atoms with van der Waals surface area (Å²) in [5.41, 5.74) is 7.24. The number of nitrogens with zero attached hydrogens (tertiary/aromatic N) is 2. The molecule has 1 unspecified atom stereocenters. The van der Waals surface area contributed by atoms with Crippen molar-refractivity contribution in [2.75, 3.05) is 11.4 Å². The molecular weight excluding hydrogens is 357 g/mol. The van der Waals surface area contributed by atoms with Crippen molar-refractivity contribution < 1.29 is 4.39 Å². The monoisotopic (exact) mass is 367 g/mol. The van der Waals surface area contributed by atoms with Gasteiger partial charge in [-0.1, -0.05) is 39.7 Å². The Kier molecular flexibility index (Phi) is 3.87. The van der Waals surface area contributed by atoms with Gasteiger partial charge in [-0.2, -0.15) is 0 Å². The summed E-state index contributed by atoms with van der Waals surface area (Å²) in [6.45, 7) is 0.374. The molecule has 0 saturated heterocycles. The van der Waals surface area contributed by atoms with E-state index in [0.29, 0.717) is 23.1 Å². The van der Waals surface area contributed by atoms with Crippen LogP contribution in [0.5, 0.6) is 0 Å². The number of benzene rings is 2. The summed E-state index contributed by atoms with van der Waals surface area (Å²) >= 11 is 9.60. The van der Waals surface area contributed by atoms with Crippen LogP contribution in [0.15, 0.2) is 51.9 Å². The Morgan fingerprint density at radius 3 is 2.76 bits per heavy atom. The van der Waals surface area contributed by atoms with Gasteiger partial charge < -0.3 is 10.6 Å².